The van der Waals surface area contributed by atoms with Crippen molar-refractivity contribution in [2.45, 2.75) is 19.4 Å². The van der Waals surface area contributed by atoms with Crippen LogP contribution in [0.4, 0.5) is 0 Å². The number of hydrogen-bond donors (Lipinski definition) is 1. The van der Waals surface area contributed by atoms with Gasteiger partial charge in [0.2, 0.25) is 0 Å². The predicted molar refractivity (Wildman–Crippen MR) is 128 cm³/mol. The van der Waals surface area contributed by atoms with Crippen LogP contribution in [0.1, 0.15) is 29.5 Å². The molecule has 35 heavy (non-hydrogen) atoms. The highest BCUT2D eigenvalue weighted by molar-refractivity contribution is 6.46. The Morgan fingerprint density at radius 1 is 1.09 bits per heavy atom. The zero-order valence-corrected chi connectivity index (χ0v) is 19.6. The van der Waals surface area contributed by atoms with Crippen molar-refractivity contribution in [1.82, 2.24) is 19.6 Å². The summed E-state index contributed by atoms with van der Waals surface area (Å²) in [6.45, 7) is 6.08. The first kappa shape index (κ1) is 23.1. The smallest absolute Gasteiger partial charge is 0.295 e. The Labute approximate surface area is 203 Å². The van der Waals surface area contributed by atoms with Crippen LogP contribution >= 0.6 is 0 Å². The maximum Gasteiger partial charge on any atom is 0.295 e. The van der Waals surface area contributed by atoms with Crippen LogP contribution in [-0.2, 0) is 14.3 Å². The molecule has 0 bridgehead atoms. The number of nitrogens with zero attached hydrogens (tertiary/aromatic N) is 4. The number of rotatable bonds is 7. The molecule has 3 aromatic rings. The number of ether oxygens (including phenoxy) is 1. The van der Waals surface area contributed by atoms with E-state index in [2.05, 4.69) is 10.00 Å². The highest BCUT2D eigenvalue weighted by atomic mass is 16.5. The third-order valence-corrected chi connectivity index (χ3v) is 6.60. The van der Waals surface area contributed by atoms with Crippen molar-refractivity contribution >= 4 is 17.4 Å². The fraction of sp³-hybridized carbons (Fsp3) is 0.346. The minimum absolute atomic E-state index is 0.0204. The van der Waals surface area contributed by atoms with Crippen molar-refractivity contribution in [2.75, 3.05) is 39.4 Å². The van der Waals surface area contributed by atoms with E-state index >= 15 is 0 Å². The van der Waals surface area contributed by atoms with Crippen LogP contribution in [0.3, 0.4) is 0 Å². The van der Waals surface area contributed by atoms with Gasteiger partial charge in [0.1, 0.15) is 17.6 Å². The van der Waals surface area contributed by atoms with Gasteiger partial charge in [-0.05, 0) is 37.6 Å². The first-order chi connectivity index (χ1) is 17.1. The number of morpholine rings is 1. The molecular weight excluding hydrogens is 448 g/mol. The lowest BCUT2D eigenvalue weighted by Gasteiger charge is -2.28. The number of hydrogen-bond acceptors (Lipinski definition) is 7. The average Bonchev–Trinajstić information content (AvgIpc) is 3.60. The van der Waals surface area contributed by atoms with Crippen LogP contribution in [-0.4, -0.2) is 75.8 Å². The van der Waals surface area contributed by atoms with Crippen LogP contribution in [0.25, 0.3) is 11.4 Å². The molecule has 2 saturated heterocycles. The highest BCUT2D eigenvalue weighted by Crippen LogP contribution is 2.40. The van der Waals surface area contributed by atoms with Crippen LogP contribution in [0.5, 0.6) is 0 Å². The lowest BCUT2D eigenvalue weighted by Crippen LogP contribution is -2.38. The van der Waals surface area contributed by atoms with Gasteiger partial charge in [-0.15, -0.1) is 0 Å². The summed E-state index contributed by atoms with van der Waals surface area (Å²) in [7, 11) is 0. The molecule has 2 aliphatic heterocycles. The number of Topliss-reactive ketones (excluding diaryl/α,β-unsaturated/α-hetero) is 1. The van der Waals surface area contributed by atoms with Gasteiger partial charge in [-0.2, -0.15) is 5.10 Å². The number of amides is 1. The Morgan fingerprint density at radius 3 is 2.57 bits per heavy atom. The standard InChI is InChI=1S/C26H28N4O5/c1-18-20(17-27-30(18)19-7-3-2-4-8-19)24(31)22-23(21-9-5-14-35-21)29(26(33)25(22)32)11-6-10-28-12-15-34-16-13-28/h2-5,7-9,14,17,23,31H,6,10-13,15-16H2,1H3/b24-22+/t23-/m1/s1. The molecule has 2 fully saturated rings. The number of carbonyl (C=O) groups excluding carboxylic acids is 2. The van der Waals surface area contributed by atoms with Gasteiger partial charge in [0.25, 0.3) is 11.7 Å². The molecule has 1 aromatic carbocycles. The number of aromatic nitrogens is 2. The molecule has 5 rings (SSSR count). The molecule has 0 aliphatic carbocycles. The van der Waals surface area contributed by atoms with E-state index < -0.39 is 17.7 Å². The summed E-state index contributed by atoms with van der Waals surface area (Å²) in [6.07, 6.45) is 3.71. The minimum Gasteiger partial charge on any atom is -0.507 e. The van der Waals surface area contributed by atoms with Crippen LogP contribution in [0, 0.1) is 6.92 Å². The Kier molecular flexibility index (Phi) is 6.52. The largest absolute Gasteiger partial charge is 0.507 e. The van der Waals surface area contributed by atoms with Crippen LogP contribution in [0.2, 0.25) is 0 Å². The first-order valence-corrected chi connectivity index (χ1v) is 11.8. The Morgan fingerprint density at radius 2 is 1.86 bits per heavy atom. The van der Waals surface area contributed by atoms with Gasteiger partial charge in [0.15, 0.2) is 0 Å². The summed E-state index contributed by atoms with van der Waals surface area (Å²) >= 11 is 0. The number of aliphatic hydroxyl groups excluding tert-OH is 1. The van der Waals surface area contributed by atoms with E-state index in [4.69, 9.17) is 9.15 Å². The number of benzene rings is 1. The Balaban J connectivity index is 1.47. The van der Waals surface area contributed by atoms with Crippen LogP contribution in [0.15, 0.2) is 64.9 Å². The molecule has 0 saturated carbocycles. The minimum atomic E-state index is -0.797. The van der Waals surface area contributed by atoms with Crippen molar-refractivity contribution in [1.29, 1.82) is 0 Å². The molecule has 2 aliphatic rings. The van der Waals surface area contributed by atoms with Crippen LogP contribution < -0.4 is 0 Å². The zero-order valence-electron chi connectivity index (χ0n) is 19.6. The van der Waals surface area contributed by atoms with Gasteiger partial charge in [-0.3, -0.25) is 14.5 Å². The van der Waals surface area contributed by atoms with Gasteiger partial charge < -0.3 is 19.2 Å². The monoisotopic (exact) mass is 476 g/mol. The van der Waals surface area contributed by atoms with E-state index in [0.29, 0.717) is 43.2 Å². The van der Waals surface area contributed by atoms with Gasteiger partial charge in [0.05, 0.1) is 48.2 Å². The summed E-state index contributed by atoms with van der Waals surface area (Å²) in [5.41, 5.74) is 1.91. The highest BCUT2D eigenvalue weighted by Gasteiger charge is 2.47. The zero-order chi connectivity index (χ0) is 24.4. The van der Waals surface area contributed by atoms with Gasteiger partial charge in [0, 0.05) is 26.2 Å². The molecule has 1 atom stereocenters. The molecule has 9 heteroatoms. The van der Waals surface area contributed by atoms with E-state index in [1.165, 1.54) is 17.4 Å². The third-order valence-electron chi connectivity index (χ3n) is 6.60. The molecule has 182 valence electrons. The van der Waals surface area contributed by atoms with E-state index in [-0.39, 0.29) is 11.3 Å². The molecule has 1 N–H and O–H groups in total. The van der Waals surface area contributed by atoms with E-state index in [9.17, 15) is 14.7 Å². The SMILES string of the molecule is Cc1c(/C(O)=C2\C(=O)C(=O)N(CCCN3CCOCC3)[C@@H]2c2ccco2)cnn1-c1ccccc1. The molecule has 0 spiro atoms. The summed E-state index contributed by atoms with van der Waals surface area (Å²) < 4.78 is 12.7. The predicted octanol–water partition coefficient (Wildman–Crippen LogP) is 2.92. The summed E-state index contributed by atoms with van der Waals surface area (Å²) in [6, 6.07) is 12.1. The number of aliphatic hydroxyl groups is 1. The average molecular weight is 477 g/mol. The number of carbonyl (C=O) groups is 2. The summed E-state index contributed by atoms with van der Waals surface area (Å²) in [5.74, 6) is -1.17. The third kappa shape index (κ3) is 4.40. The lowest BCUT2D eigenvalue weighted by molar-refractivity contribution is -0.140. The van der Waals surface area contributed by atoms with Gasteiger partial charge in [-0.25, -0.2) is 4.68 Å². The fourth-order valence-electron chi connectivity index (χ4n) is 4.76. The molecule has 9 nitrogen and oxygen atoms in total. The van der Waals surface area contributed by atoms with Crippen molar-refractivity contribution in [3.8, 4) is 5.69 Å². The van der Waals surface area contributed by atoms with Crippen molar-refractivity contribution < 1.29 is 23.8 Å². The molecule has 0 unspecified atom stereocenters. The van der Waals surface area contributed by atoms with Gasteiger partial charge in [-0.1, -0.05) is 18.2 Å². The topological polar surface area (TPSA) is 101 Å². The van der Waals surface area contributed by atoms with E-state index in [1.807, 2.05) is 37.3 Å². The quantitative estimate of drug-likeness (QED) is 0.318. The second-order valence-corrected chi connectivity index (χ2v) is 8.71. The van der Waals surface area contributed by atoms with Crippen molar-refractivity contribution in [3.63, 3.8) is 0 Å². The maximum atomic E-state index is 13.2. The first-order valence-electron chi connectivity index (χ1n) is 11.8. The second kappa shape index (κ2) is 9.89. The number of likely N-dealkylation sites (tertiary alicyclic amines) is 1. The fourth-order valence-corrected chi connectivity index (χ4v) is 4.76. The Hall–Kier alpha value is -3.69. The number of ketones is 1. The molecular formula is C26H28N4O5. The maximum absolute atomic E-state index is 13.2. The second-order valence-electron chi connectivity index (χ2n) is 8.71. The number of para-hydroxylation sites is 1. The molecule has 4 heterocycles. The molecule has 2 aromatic heterocycles. The summed E-state index contributed by atoms with van der Waals surface area (Å²) in [4.78, 5) is 30.1. The van der Waals surface area contributed by atoms with Crippen molar-refractivity contribution in [2.24, 2.45) is 0 Å². The van der Waals surface area contributed by atoms with Gasteiger partial charge >= 0.3 is 0 Å². The molecule has 1 amide bonds. The lowest BCUT2D eigenvalue weighted by atomic mass is 9.99. The van der Waals surface area contributed by atoms with E-state index in [0.717, 1.165) is 25.3 Å². The normalized spacial score (nSPS) is 20.6. The summed E-state index contributed by atoms with van der Waals surface area (Å²) in [5, 5.41) is 15.7. The van der Waals surface area contributed by atoms with Crippen molar-refractivity contribution in [3.05, 3.63) is 77.5 Å². The molecule has 0 radical (unpaired) electrons. The number of furan rings is 1. The van der Waals surface area contributed by atoms with E-state index in [1.54, 1.807) is 16.8 Å². The Bertz CT molecular complexity index is 1230.